The maximum Gasteiger partial charge on any atom is 0.416 e. The van der Waals surface area contributed by atoms with Gasteiger partial charge in [-0.05, 0) is 51.3 Å². The Bertz CT molecular complexity index is 525. The first kappa shape index (κ1) is 15.7. The van der Waals surface area contributed by atoms with E-state index in [1.165, 1.54) is 12.1 Å². The smallest absolute Gasteiger partial charge is 0.416 e. The van der Waals surface area contributed by atoms with Crippen molar-refractivity contribution in [2.45, 2.75) is 50.9 Å². The fourth-order valence-corrected chi connectivity index (χ4v) is 2.09. The molecule has 0 heterocycles. The quantitative estimate of drug-likeness (QED) is 0.888. The summed E-state index contributed by atoms with van der Waals surface area (Å²) in [6, 6.07) is 4.89. The molecule has 1 N–H and O–H groups in total. The summed E-state index contributed by atoms with van der Waals surface area (Å²) in [6.45, 7) is 5.26. The molecule has 21 heavy (non-hydrogen) atoms. The summed E-state index contributed by atoms with van der Waals surface area (Å²) in [5.41, 5.74) is -1.23. The molecule has 1 amide bonds. The first-order chi connectivity index (χ1) is 9.52. The van der Waals surface area contributed by atoms with E-state index in [2.05, 4.69) is 5.32 Å². The van der Waals surface area contributed by atoms with Crippen LogP contribution < -0.4 is 5.32 Å². The predicted molar refractivity (Wildman–Crippen MR) is 71.7 cm³/mol. The number of hydrogen-bond acceptors (Lipinski definition) is 2. The lowest BCUT2D eigenvalue weighted by Gasteiger charge is -2.24. The van der Waals surface area contributed by atoms with E-state index in [0.29, 0.717) is 18.4 Å². The second-order valence-corrected chi connectivity index (χ2v) is 6.28. The van der Waals surface area contributed by atoms with E-state index in [1.54, 1.807) is 20.8 Å². The van der Waals surface area contributed by atoms with Gasteiger partial charge in [-0.15, -0.1) is 0 Å². The third-order valence-corrected chi connectivity index (χ3v) is 3.26. The summed E-state index contributed by atoms with van der Waals surface area (Å²) >= 11 is 0. The third kappa shape index (κ3) is 3.89. The van der Waals surface area contributed by atoms with E-state index in [4.69, 9.17) is 4.74 Å². The molecule has 1 fully saturated rings. The summed E-state index contributed by atoms with van der Waals surface area (Å²) in [5, 5.41) is 2.76. The summed E-state index contributed by atoms with van der Waals surface area (Å²) in [7, 11) is 0. The molecule has 0 saturated heterocycles. The second-order valence-electron chi connectivity index (χ2n) is 6.28. The molecule has 3 nitrogen and oxygen atoms in total. The number of ether oxygens (including phenoxy) is 1. The van der Waals surface area contributed by atoms with Gasteiger partial charge in [-0.2, -0.15) is 13.2 Å². The Morgan fingerprint density at radius 1 is 1.14 bits per heavy atom. The molecule has 1 aromatic rings. The maximum absolute atomic E-state index is 12.5. The van der Waals surface area contributed by atoms with Crippen LogP contribution in [0.25, 0.3) is 0 Å². The van der Waals surface area contributed by atoms with Gasteiger partial charge in [0.15, 0.2) is 0 Å². The molecule has 6 heteroatoms. The molecular formula is C15H18F3NO2. The fraction of sp³-hybridized carbons (Fsp3) is 0.533. The van der Waals surface area contributed by atoms with Crippen molar-refractivity contribution in [1.82, 2.24) is 5.32 Å². The van der Waals surface area contributed by atoms with Gasteiger partial charge in [-0.25, -0.2) is 4.79 Å². The van der Waals surface area contributed by atoms with Gasteiger partial charge in [0, 0.05) is 0 Å². The summed E-state index contributed by atoms with van der Waals surface area (Å²) in [5.74, 6) is 0. The van der Waals surface area contributed by atoms with Crippen molar-refractivity contribution in [2.24, 2.45) is 0 Å². The predicted octanol–water partition coefficient (Wildman–Crippen LogP) is 4.22. The lowest BCUT2D eigenvalue weighted by molar-refractivity contribution is -0.137. The van der Waals surface area contributed by atoms with Gasteiger partial charge in [0.2, 0.25) is 0 Å². The molecule has 0 bridgehead atoms. The number of alkyl carbamates (subject to hydrolysis) is 1. The average Bonchev–Trinajstić information content (AvgIpc) is 3.06. The molecule has 1 aromatic carbocycles. The number of benzene rings is 1. The average molecular weight is 301 g/mol. The van der Waals surface area contributed by atoms with Crippen molar-refractivity contribution in [1.29, 1.82) is 0 Å². The van der Waals surface area contributed by atoms with E-state index in [1.807, 2.05) is 0 Å². The van der Waals surface area contributed by atoms with Crippen LogP contribution in [0.5, 0.6) is 0 Å². The fourth-order valence-electron chi connectivity index (χ4n) is 2.09. The van der Waals surface area contributed by atoms with Gasteiger partial charge in [-0.1, -0.05) is 12.1 Å². The van der Waals surface area contributed by atoms with Crippen molar-refractivity contribution >= 4 is 6.09 Å². The Morgan fingerprint density at radius 2 is 1.67 bits per heavy atom. The highest BCUT2D eigenvalue weighted by atomic mass is 19.4. The Kier molecular flexibility index (Phi) is 3.68. The van der Waals surface area contributed by atoms with Crippen LogP contribution in [0.3, 0.4) is 0 Å². The highest BCUT2D eigenvalue weighted by Crippen LogP contribution is 2.46. The van der Waals surface area contributed by atoms with Gasteiger partial charge in [0.25, 0.3) is 0 Å². The minimum Gasteiger partial charge on any atom is -0.444 e. The van der Waals surface area contributed by atoms with Crippen LogP contribution in [0.2, 0.25) is 0 Å². The van der Waals surface area contributed by atoms with Crippen LogP contribution in [0.4, 0.5) is 18.0 Å². The van der Waals surface area contributed by atoms with Crippen molar-refractivity contribution in [3.8, 4) is 0 Å². The largest absolute Gasteiger partial charge is 0.444 e. The topological polar surface area (TPSA) is 38.3 Å². The molecule has 0 atom stereocenters. The van der Waals surface area contributed by atoms with Crippen LogP contribution in [0.1, 0.15) is 44.7 Å². The molecule has 2 rings (SSSR count). The zero-order valence-electron chi connectivity index (χ0n) is 12.2. The third-order valence-electron chi connectivity index (χ3n) is 3.26. The lowest BCUT2D eigenvalue weighted by atomic mass is 10.0. The maximum atomic E-state index is 12.5. The molecule has 0 spiro atoms. The summed E-state index contributed by atoms with van der Waals surface area (Å²) in [4.78, 5) is 11.8. The lowest BCUT2D eigenvalue weighted by Crippen LogP contribution is -2.39. The van der Waals surface area contributed by atoms with Crippen molar-refractivity contribution < 1.29 is 22.7 Å². The molecule has 1 aliphatic carbocycles. The molecular weight excluding hydrogens is 283 g/mol. The molecule has 0 aromatic heterocycles. The highest BCUT2D eigenvalue weighted by molar-refractivity contribution is 5.70. The van der Waals surface area contributed by atoms with Gasteiger partial charge >= 0.3 is 12.3 Å². The number of amides is 1. The van der Waals surface area contributed by atoms with Crippen LogP contribution in [-0.2, 0) is 16.5 Å². The monoisotopic (exact) mass is 301 g/mol. The van der Waals surface area contributed by atoms with Crippen LogP contribution in [-0.4, -0.2) is 11.7 Å². The number of carbonyl (C=O) groups excluding carboxylic acids is 1. The normalized spacial score (nSPS) is 17.2. The van der Waals surface area contributed by atoms with Gasteiger partial charge in [0.1, 0.15) is 5.60 Å². The van der Waals surface area contributed by atoms with E-state index < -0.39 is 29.0 Å². The van der Waals surface area contributed by atoms with Crippen molar-refractivity contribution in [3.63, 3.8) is 0 Å². The van der Waals surface area contributed by atoms with Crippen LogP contribution in [0, 0.1) is 0 Å². The number of rotatable bonds is 2. The van der Waals surface area contributed by atoms with Gasteiger partial charge in [-0.3, -0.25) is 0 Å². The second kappa shape index (κ2) is 4.93. The number of hydrogen-bond donors (Lipinski definition) is 1. The first-order valence-electron chi connectivity index (χ1n) is 6.71. The van der Waals surface area contributed by atoms with Gasteiger partial charge < -0.3 is 10.1 Å². The SMILES string of the molecule is CC(C)(C)OC(=O)NC1(c2ccc(C(F)(F)F)cc2)CC1. The molecule has 1 aliphatic rings. The Labute approximate surface area is 121 Å². The Morgan fingerprint density at radius 3 is 2.05 bits per heavy atom. The minimum atomic E-state index is -4.35. The van der Waals surface area contributed by atoms with Crippen molar-refractivity contribution in [3.05, 3.63) is 35.4 Å². The van der Waals surface area contributed by atoms with E-state index in [9.17, 15) is 18.0 Å². The number of alkyl halides is 3. The Balaban J connectivity index is 2.09. The van der Waals surface area contributed by atoms with Crippen LogP contribution in [0.15, 0.2) is 24.3 Å². The summed E-state index contributed by atoms with van der Waals surface area (Å²) in [6.07, 6.45) is -3.52. The standard InChI is InChI=1S/C15H18F3NO2/c1-13(2,3)21-12(20)19-14(8-9-14)10-4-6-11(7-5-10)15(16,17)18/h4-7H,8-9H2,1-3H3,(H,19,20). The zero-order valence-corrected chi connectivity index (χ0v) is 12.2. The van der Waals surface area contributed by atoms with E-state index >= 15 is 0 Å². The Hall–Kier alpha value is -1.72. The molecule has 0 unspecified atom stereocenters. The minimum absolute atomic E-state index is 0.556. The van der Waals surface area contributed by atoms with Crippen molar-refractivity contribution in [2.75, 3.05) is 0 Å². The van der Waals surface area contributed by atoms with Crippen LogP contribution >= 0.6 is 0 Å². The molecule has 116 valence electrons. The van der Waals surface area contributed by atoms with E-state index in [0.717, 1.165) is 12.1 Å². The zero-order chi connectivity index (χ0) is 15.9. The number of nitrogens with one attached hydrogen (secondary N) is 1. The van der Waals surface area contributed by atoms with E-state index in [-0.39, 0.29) is 0 Å². The molecule has 0 aliphatic heterocycles. The highest BCUT2D eigenvalue weighted by Gasteiger charge is 2.46. The number of halogens is 3. The molecule has 1 saturated carbocycles. The summed E-state index contributed by atoms with van der Waals surface area (Å²) < 4.78 is 42.8. The van der Waals surface area contributed by atoms with Gasteiger partial charge in [0.05, 0.1) is 11.1 Å². The molecule has 0 radical (unpaired) electrons. The first-order valence-corrected chi connectivity index (χ1v) is 6.71. The number of carbonyl (C=O) groups is 1.